The third-order valence-corrected chi connectivity index (χ3v) is 3.16. The second-order valence-electron chi connectivity index (χ2n) is 4.27. The summed E-state index contributed by atoms with van der Waals surface area (Å²) in [6.07, 6.45) is 0.865. The van der Waals surface area contributed by atoms with Gasteiger partial charge < -0.3 is 5.32 Å². The molecule has 2 heteroatoms. The van der Waals surface area contributed by atoms with Crippen LogP contribution in [0.15, 0.2) is 36.4 Å². The first kappa shape index (κ1) is 9.23. The number of nitrogens with zero attached hydrogens (tertiary/aromatic N) is 1. The summed E-state index contributed by atoms with van der Waals surface area (Å²) in [5.74, 6) is 0.105. The minimum atomic E-state index is 0.105. The molecule has 0 radical (unpaired) electrons. The van der Waals surface area contributed by atoms with Crippen molar-refractivity contribution >= 4 is 16.5 Å². The van der Waals surface area contributed by atoms with Crippen molar-refractivity contribution < 1.29 is 0 Å². The van der Waals surface area contributed by atoms with Gasteiger partial charge in [0, 0.05) is 12.2 Å². The Kier molecular flexibility index (Phi) is 2.04. The topological polar surface area (TPSA) is 35.8 Å². The number of fused-ring (bicyclic) bond motifs is 2. The highest BCUT2D eigenvalue weighted by atomic mass is 14.9. The Morgan fingerprint density at radius 1 is 1.19 bits per heavy atom. The smallest absolute Gasteiger partial charge is 0.0677 e. The van der Waals surface area contributed by atoms with Gasteiger partial charge in [0.05, 0.1) is 12.0 Å². The van der Waals surface area contributed by atoms with Crippen molar-refractivity contribution in [1.82, 2.24) is 0 Å². The molecule has 78 valence electrons. The van der Waals surface area contributed by atoms with Crippen molar-refractivity contribution in [2.24, 2.45) is 5.92 Å². The number of rotatable bonds is 0. The Hall–Kier alpha value is -2.01. The third-order valence-electron chi connectivity index (χ3n) is 3.16. The summed E-state index contributed by atoms with van der Waals surface area (Å²) in [6, 6.07) is 15.0. The van der Waals surface area contributed by atoms with Crippen LogP contribution in [0.2, 0.25) is 0 Å². The van der Waals surface area contributed by atoms with Gasteiger partial charge in [0.1, 0.15) is 0 Å². The molecule has 1 aliphatic heterocycles. The molecule has 0 bridgehead atoms. The lowest BCUT2D eigenvalue weighted by Crippen LogP contribution is -2.21. The Balaban J connectivity index is 2.14. The molecule has 3 rings (SSSR count). The molecule has 1 aliphatic rings. The van der Waals surface area contributed by atoms with E-state index >= 15 is 0 Å². The molecular formula is C14H12N2. The average molecular weight is 208 g/mol. The van der Waals surface area contributed by atoms with Gasteiger partial charge in [-0.15, -0.1) is 0 Å². The summed E-state index contributed by atoms with van der Waals surface area (Å²) in [6.45, 7) is 0.766. The van der Waals surface area contributed by atoms with Crippen LogP contribution in [-0.2, 0) is 6.42 Å². The number of nitrogens with one attached hydrogen (secondary N) is 1. The largest absolute Gasteiger partial charge is 0.383 e. The zero-order chi connectivity index (χ0) is 11.0. The van der Waals surface area contributed by atoms with Gasteiger partial charge >= 0.3 is 0 Å². The second kappa shape index (κ2) is 3.53. The summed E-state index contributed by atoms with van der Waals surface area (Å²) in [4.78, 5) is 0. The first-order chi connectivity index (χ1) is 7.86. The number of benzene rings is 2. The van der Waals surface area contributed by atoms with Crippen LogP contribution in [0.4, 0.5) is 5.69 Å². The molecule has 0 aliphatic carbocycles. The molecule has 2 aromatic rings. The number of hydrogen-bond donors (Lipinski definition) is 1. The molecule has 2 nitrogen and oxygen atoms in total. The van der Waals surface area contributed by atoms with Gasteiger partial charge in [-0.3, -0.25) is 0 Å². The maximum absolute atomic E-state index is 8.94. The molecule has 2 aromatic carbocycles. The molecule has 0 saturated heterocycles. The summed E-state index contributed by atoms with van der Waals surface area (Å²) < 4.78 is 0. The van der Waals surface area contributed by atoms with Gasteiger partial charge in [-0.2, -0.15) is 5.26 Å². The molecule has 0 aromatic heterocycles. The lowest BCUT2D eigenvalue weighted by Gasteiger charge is -2.22. The summed E-state index contributed by atoms with van der Waals surface area (Å²) in [7, 11) is 0. The van der Waals surface area contributed by atoms with Gasteiger partial charge in [-0.1, -0.05) is 24.3 Å². The van der Waals surface area contributed by atoms with E-state index in [-0.39, 0.29) is 5.92 Å². The standard InChI is InChI=1S/C14H12N2/c15-8-10-5-13-6-11-3-1-2-4-12(11)7-14(13)16-9-10/h1-4,6-7,10,16H,5,9H2. The monoisotopic (exact) mass is 208 g/mol. The summed E-state index contributed by atoms with van der Waals surface area (Å²) in [5, 5.41) is 14.8. The first-order valence-corrected chi connectivity index (χ1v) is 5.52. The van der Waals surface area contributed by atoms with Crippen molar-refractivity contribution in [2.45, 2.75) is 6.42 Å². The van der Waals surface area contributed by atoms with E-state index < -0.39 is 0 Å². The molecule has 1 N–H and O–H groups in total. The Labute approximate surface area is 94.5 Å². The zero-order valence-electron chi connectivity index (χ0n) is 8.90. The lowest BCUT2D eigenvalue weighted by molar-refractivity contribution is 0.675. The predicted molar refractivity (Wildman–Crippen MR) is 65.2 cm³/mol. The van der Waals surface area contributed by atoms with E-state index in [0.29, 0.717) is 0 Å². The van der Waals surface area contributed by atoms with E-state index in [4.69, 9.17) is 5.26 Å². The SMILES string of the molecule is N#CC1CNc2cc3ccccc3cc2C1. The molecule has 16 heavy (non-hydrogen) atoms. The van der Waals surface area contributed by atoms with Crippen molar-refractivity contribution in [3.8, 4) is 6.07 Å². The molecule has 1 atom stereocenters. The minimum Gasteiger partial charge on any atom is -0.383 e. The molecule has 1 unspecified atom stereocenters. The third kappa shape index (κ3) is 1.42. The molecule has 1 heterocycles. The molecule has 0 saturated carbocycles. The minimum absolute atomic E-state index is 0.105. The first-order valence-electron chi connectivity index (χ1n) is 5.52. The van der Waals surface area contributed by atoms with E-state index in [2.05, 4.69) is 41.7 Å². The number of nitriles is 1. The quantitative estimate of drug-likeness (QED) is 0.722. The van der Waals surface area contributed by atoms with Crippen LogP contribution in [0.1, 0.15) is 5.56 Å². The molecule has 0 fully saturated rings. The predicted octanol–water partition coefficient (Wildman–Crippen LogP) is 2.95. The van der Waals surface area contributed by atoms with Crippen LogP contribution in [0, 0.1) is 17.2 Å². The average Bonchev–Trinajstić information content (AvgIpc) is 2.35. The highest BCUT2D eigenvalue weighted by Crippen LogP contribution is 2.29. The number of hydrogen-bond acceptors (Lipinski definition) is 2. The van der Waals surface area contributed by atoms with E-state index in [1.807, 2.05) is 6.07 Å². The van der Waals surface area contributed by atoms with Crippen molar-refractivity contribution in [3.05, 3.63) is 42.0 Å². The summed E-state index contributed by atoms with van der Waals surface area (Å²) >= 11 is 0. The lowest BCUT2D eigenvalue weighted by atomic mass is 9.93. The van der Waals surface area contributed by atoms with Gasteiger partial charge in [-0.05, 0) is 34.9 Å². The number of anilines is 1. The van der Waals surface area contributed by atoms with Gasteiger partial charge in [-0.25, -0.2) is 0 Å². The van der Waals surface area contributed by atoms with Gasteiger partial charge in [0.25, 0.3) is 0 Å². The summed E-state index contributed by atoms with van der Waals surface area (Å²) in [5.41, 5.74) is 2.45. The molecular weight excluding hydrogens is 196 g/mol. The highest BCUT2D eigenvalue weighted by Gasteiger charge is 2.17. The normalized spacial score (nSPS) is 18.6. The molecule has 0 spiro atoms. The van der Waals surface area contributed by atoms with Crippen LogP contribution in [0.5, 0.6) is 0 Å². The Morgan fingerprint density at radius 2 is 1.94 bits per heavy atom. The van der Waals surface area contributed by atoms with E-state index in [9.17, 15) is 0 Å². The van der Waals surface area contributed by atoms with E-state index in [1.165, 1.54) is 22.0 Å². The maximum atomic E-state index is 8.94. The Morgan fingerprint density at radius 3 is 2.69 bits per heavy atom. The van der Waals surface area contributed by atoms with Crippen LogP contribution in [0.3, 0.4) is 0 Å². The Bertz CT molecular complexity index is 581. The van der Waals surface area contributed by atoms with Gasteiger partial charge in [0.2, 0.25) is 0 Å². The van der Waals surface area contributed by atoms with Crippen LogP contribution in [-0.4, -0.2) is 6.54 Å². The van der Waals surface area contributed by atoms with Crippen LogP contribution >= 0.6 is 0 Å². The van der Waals surface area contributed by atoms with Gasteiger partial charge in [0.15, 0.2) is 0 Å². The van der Waals surface area contributed by atoms with E-state index in [0.717, 1.165) is 13.0 Å². The van der Waals surface area contributed by atoms with Crippen molar-refractivity contribution in [2.75, 3.05) is 11.9 Å². The fraction of sp³-hybridized carbons (Fsp3) is 0.214. The fourth-order valence-electron chi connectivity index (χ4n) is 2.28. The fourth-order valence-corrected chi connectivity index (χ4v) is 2.28. The molecule has 0 amide bonds. The zero-order valence-corrected chi connectivity index (χ0v) is 8.90. The van der Waals surface area contributed by atoms with Crippen molar-refractivity contribution in [1.29, 1.82) is 5.26 Å². The van der Waals surface area contributed by atoms with Crippen LogP contribution in [0.25, 0.3) is 10.8 Å². The van der Waals surface area contributed by atoms with E-state index in [1.54, 1.807) is 0 Å². The van der Waals surface area contributed by atoms with Crippen LogP contribution < -0.4 is 5.32 Å². The highest BCUT2D eigenvalue weighted by molar-refractivity contribution is 5.87. The van der Waals surface area contributed by atoms with Crippen molar-refractivity contribution in [3.63, 3.8) is 0 Å². The second-order valence-corrected chi connectivity index (χ2v) is 4.27. The maximum Gasteiger partial charge on any atom is 0.0677 e.